The molecule has 182 valence electrons. The van der Waals surface area contributed by atoms with Crippen LogP contribution in [0.2, 0.25) is 5.02 Å². The molecule has 0 aliphatic rings. The molecule has 0 heterocycles. The maximum Gasteiger partial charge on any atom is 0.335 e. The molecule has 1 N–H and O–H groups in total. The summed E-state index contributed by atoms with van der Waals surface area (Å²) in [6.07, 6.45) is 20.4. The summed E-state index contributed by atoms with van der Waals surface area (Å²) >= 11 is 5.53. The van der Waals surface area contributed by atoms with Crippen LogP contribution < -0.4 is 12.4 Å². The zero-order valence-corrected chi connectivity index (χ0v) is 22.0. The van der Waals surface area contributed by atoms with Gasteiger partial charge in [0.25, 0.3) is 0 Å². The van der Waals surface area contributed by atoms with E-state index < -0.39 is 5.97 Å². The third kappa shape index (κ3) is 23.7. The van der Waals surface area contributed by atoms with Gasteiger partial charge >= 0.3 is 5.97 Å². The second-order valence-electron chi connectivity index (χ2n) is 9.43. The topological polar surface area (TPSA) is 37.3 Å². The summed E-state index contributed by atoms with van der Waals surface area (Å²) in [5, 5.41) is 8.89. The SMILES string of the molecule is CCCCCCCCCCCCCCCC[N+](C)(C)C.O=C(O)c1cccc(Cl)c1.[Cl-]. The molecule has 1 rings (SSSR count). The van der Waals surface area contributed by atoms with Gasteiger partial charge in [-0.25, -0.2) is 4.79 Å². The molecule has 0 bridgehead atoms. The van der Waals surface area contributed by atoms with Gasteiger partial charge in [0.2, 0.25) is 0 Å². The molecule has 0 radical (unpaired) electrons. The van der Waals surface area contributed by atoms with Crippen molar-refractivity contribution >= 4 is 17.6 Å². The summed E-state index contributed by atoms with van der Waals surface area (Å²) < 4.78 is 1.12. The fourth-order valence-electron chi connectivity index (χ4n) is 3.40. The molecule has 0 saturated heterocycles. The average molecular weight is 477 g/mol. The molecular formula is C26H47Cl2NO2. The van der Waals surface area contributed by atoms with Gasteiger partial charge in [0.15, 0.2) is 0 Å². The number of hydrogen-bond acceptors (Lipinski definition) is 1. The first kappa shape index (κ1) is 32.4. The highest BCUT2D eigenvalue weighted by molar-refractivity contribution is 6.30. The first-order valence-corrected chi connectivity index (χ1v) is 12.4. The van der Waals surface area contributed by atoms with Gasteiger partial charge in [0.05, 0.1) is 33.3 Å². The predicted molar refractivity (Wildman–Crippen MR) is 132 cm³/mol. The molecule has 0 aliphatic carbocycles. The largest absolute Gasteiger partial charge is 1.00 e. The molecule has 0 aromatic heterocycles. The summed E-state index contributed by atoms with van der Waals surface area (Å²) in [6, 6.07) is 6.14. The molecule has 1 aromatic rings. The number of carbonyl (C=O) groups is 1. The number of hydrogen-bond donors (Lipinski definition) is 1. The van der Waals surface area contributed by atoms with Crippen LogP contribution in [0.25, 0.3) is 0 Å². The number of quaternary nitrogens is 1. The Labute approximate surface area is 203 Å². The van der Waals surface area contributed by atoms with Gasteiger partial charge in [0.1, 0.15) is 0 Å². The summed E-state index contributed by atoms with van der Waals surface area (Å²) in [4.78, 5) is 10.3. The van der Waals surface area contributed by atoms with Crippen LogP contribution in [0.5, 0.6) is 0 Å². The Kier molecular flexibility index (Phi) is 22.1. The van der Waals surface area contributed by atoms with Crippen molar-refractivity contribution in [2.24, 2.45) is 0 Å². The summed E-state index contributed by atoms with van der Waals surface area (Å²) in [6.45, 7) is 3.63. The van der Waals surface area contributed by atoms with Crippen LogP contribution in [0, 0.1) is 0 Å². The van der Waals surface area contributed by atoms with E-state index >= 15 is 0 Å². The first-order valence-electron chi connectivity index (χ1n) is 12.1. The van der Waals surface area contributed by atoms with E-state index in [9.17, 15) is 4.79 Å². The molecule has 0 fully saturated rings. The maximum atomic E-state index is 10.3. The van der Waals surface area contributed by atoms with E-state index in [1.54, 1.807) is 12.1 Å². The third-order valence-electron chi connectivity index (χ3n) is 5.25. The van der Waals surface area contributed by atoms with Crippen LogP contribution in [-0.2, 0) is 0 Å². The van der Waals surface area contributed by atoms with Crippen molar-refractivity contribution in [1.82, 2.24) is 0 Å². The lowest BCUT2D eigenvalue weighted by Gasteiger charge is -2.23. The lowest BCUT2D eigenvalue weighted by atomic mass is 10.0. The second-order valence-corrected chi connectivity index (χ2v) is 9.86. The highest BCUT2D eigenvalue weighted by atomic mass is 35.5. The Morgan fingerprint density at radius 1 is 0.806 bits per heavy atom. The Balaban J connectivity index is 0. The van der Waals surface area contributed by atoms with Crippen molar-refractivity contribution in [3.8, 4) is 0 Å². The maximum absolute atomic E-state index is 10.3. The molecule has 0 unspecified atom stereocenters. The number of rotatable bonds is 16. The van der Waals surface area contributed by atoms with Gasteiger partial charge in [-0.05, 0) is 31.0 Å². The molecule has 0 saturated carbocycles. The minimum atomic E-state index is -0.956. The quantitative estimate of drug-likeness (QED) is 0.263. The van der Waals surface area contributed by atoms with Gasteiger partial charge in [-0.3, -0.25) is 0 Å². The minimum absolute atomic E-state index is 0. The minimum Gasteiger partial charge on any atom is -1.00 e. The highest BCUT2D eigenvalue weighted by Crippen LogP contribution is 2.13. The molecule has 1 aromatic carbocycles. The Morgan fingerprint density at radius 3 is 1.55 bits per heavy atom. The number of carboxylic acid groups (broad SMARTS) is 1. The van der Waals surface area contributed by atoms with E-state index in [0.717, 1.165) is 4.48 Å². The van der Waals surface area contributed by atoms with Crippen molar-refractivity contribution in [2.45, 2.75) is 96.8 Å². The van der Waals surface area contributed by atoms with Crippen molar-refractivity contribution in [3.63, 3.8) is 0 Å². The number of carboxylic acids is 1. The molecule has 0 aliphatic heterocycles. The molecule has 0 amide bonds. The number of benzene rings is 1. The monoisotopic (exact) mass is 475 g/mol. The fourth-order valence-corrected chi connectivity index (χ4v) is 3.59. The van der Waals surface area contributed by atoms with Gasteiger partial charge in [-0.1, -0.05) is 102 Å². The molecule has 0 spiro atoms. The Bertz CT molecular complexity index is 544. The number of aromatic carboxylic acids is 1. The fraction of sp³-hybridized carbons (Fsp3) is 0.731. The predicted octanol–water partition coefficient (Wildman–Crippen LogP) is 5.22. The number of halogens is 2. The lowest BCUT2D eigenvalue weighted by molar-refractivity contribution is -0.870. The zero-order valence-electron chi connectivity index (χ0n) is 20.5. The summed E-state index contributed by atoms with van der Waals surface area (Å²) in [5.74, 6) is -0.956. The molecule has 0 atom stereocenters. The normalized spacial score (nSPS) is 10.7. The van der Waals surface area contributed by atoms with E-state index in [-0.39, 0.29) is 18.0 Å². The van der Waals surface area contributed by atoms with E-state index in [1.807, 2.05) is 0 Å². The third-order valence-corrected chi connectivity index (χ3v) is 5.49. The zero-order chi connectivity index (χ0) is 22.7. The van der Waals surface area contributed by atoms with Crippen LogP contribution in [-0.4, -0.2) is 43.2 Å². The molecule has 5 heteroatoms. The Morgan fingerprint density at radius 2 is 1.23 bits per heavy atom. The standard InChI is InChI=1S/C19H42N.C7H5ClO2.ClH/c1-5-6-7-8-9-10-11-12-13-14-15-16-17-18-19-20(2,3)4;8-6-3-1-2-5(4-6)7(9)10;/h5-19H2,1-4H3;1-4H,(H,9,10);1H/q+1;;/p-1. The second kappa shape index (κ2) is 21.1. The van der Waals surface area contributed by atoms with Gasteiger partial charge in [0, 0.05) is 5.02 Å². The van der Waals surface area contributed by atoms with Gasteiger partial charge in [-0.2, -0.15) is 0 Å². The van der Waals surface area contributed by atoms with E-state index in [0.29, 0.717) is 5.02 Å². The van der Waals surface area contributed by atoms with Crippen LogP contribution in [0.3, 0.4) is 0 Å². The van der Waals surface area contributed by atoms with E-state index in [2.05, 4.69) is 28.1 Å². The van der Waals surface area contributed by atoms with Crippen molar-refractivity contribution < 1.29 is 26.8 Å². The number of nitrogens with zero attached hydrogens (tertiary/aromatic N) is 1. The summed E-state index contributed by atoms with van der Waals surface area (Å²) in [7, 11) is 6.88. The summed E-state index contributed by atoms with van der Waals surface area (Å²) in [5.41, 5.74) is 0.215. The molecule has 3 nitrogen and oxygen atoms in total. The van der Waals surface area contributed by atoms with Gasteiger partial charge in [-0.15, -0.1) is 0 Å². The van der Waals surface area contributed by atoms with E-state index in [4.69, 9.17) is 16.7 Å². The van der Waals surface area contributed by atoms with Crippen molar-refractivity contribution in [3.05, 3.63) is 34.9 Å². The average Bonchev–Trinajstić information content (AvgIpc) is 2.68. The Hall–Kier alpha value is -0.770. The molecular weight excluding hydrogens is 429 g/mol. The first-order chi connectivity index (χ1) is 14.3. The van der Waals surface area contributed by atoms with Crippen LogP contribution >= 0.6 is 11.6 Å². The van der Waals surface area contributed by atoms with Crippen LogP contribution in [0.1, 0.15) is 107 Å². The highest BCUT2D eigenvalue weighted by Gasteiger charge is 2.05. The van der Waals surface area contributed by atoms with Crippen LogP contribution in [0.15, 0.2) is 24.3 Å². The van der Waals surface area contributed by atoms with Crippen LogP contribution in [0.4, 0.5) is 0 Å². The lowest BCUT2D eigenvalue weighted by Crippen LogP contribution is -3.00. The van der Waals surface area contributed by atoms with Crippen molar-refractivity contribution in [2.75, 3.05) is 27.7 Å². The smallest absolute Gasteiger partial charge is 0.335 e. The van der Waals surface area contributed by atoms with E-state index in [1.165, 1.54) is 109 Å². The number of unbranched alkanes of at least 4 members (excludes halogenated alkanes) is 13. The van der Waals surface area contributed by atoms with Crippen molar-refractivity contribution in [1.29, 1.82) is 0 Å². The van der Waals surface area contributed by atoms with Gasteiger partial charge < -0.3 is 22.0 Å². The molecule has 31 heavy (non-hydrogen) atoms.